The topological polar surface area (TPSA) is 118 Å². The summed E-state index contributed by atoms with van der Waals surface area (Å²) in [5.74, 6) is -3.14. The standard InChI is InChI=1S/C27H45F2NO6S.Na/c1-16(5-8-23(33)30(4)11-12-37(34,35)36)18-6-7-19-24-20(9-10-25(18,19)2)26(3)15-27(28,29)22(32)14-17(26)13-21(24)31;/h16-22,24,31-32H,5-15H2,1-4H3,(H,34,35,36);/q;+1/p-1/t16-,17-,18-,19?,20?,21+,22-,24?,25-,26+;/m1./s1. The van der Waals surface area contributed by atoms with Gasteiger partial charge in [-0.1, -0.05) is 20.8 Å². The first-order chi connectivity index (χ1) is 17.0. The van der Waals surface area contributed by atoms with Gasteiger partial charge in [0.05, 0.1) is 22.0 Å². The Hall–Kier alpha value is 0.160. The molecular formula is C27H44F2NNaO6S. The Bertz CT molecular complexity index is 985. The summed E-state index contributed by atoms with van der Waals surface area (Å²) >= 11 is 0. The first kappa shape index (κ1) is 32.7. The van der Waals surface area contributed by atoms with Crippen LogP contribution >= 0.6 is 0 Å². The van der Waals surface area contributed by atoms with E-state index in [0.29, 0.717) is 18.8 Å². The molecule has 0 radical (unpaired) electrons. The van der Waals surface area contributed by atoms with Crippen LogP contribution in [0, 0.1) is 46.3 Å². The van der Waals surface area contributed by atoms with Gasteiger partial charge in [-0.05, 0) is 91.3 Å². The molecule has 4 saturated carbocycles. The second-order valence-corrected chi connectivity index (χ2v) is 14.8. The van der Waals surface area contributed by atoms with Crippen molar-refractivity contribution in [3.8, 4) is 0 Å². The van der Waals surface area contributed by atoms with Crippen molar-refractivity contribution < 1.29 is 66.3 Å². The summed E-state index contributed by atoms with van der Waals surface area (Å²) in [7, 11) is -2.86. The van der Waals surface area contributed by atoms with Crippen molar-refractivity contribution in [2.45, 2.75) is 96.7 Å². The summed E-state index contributed by atoms with van der Waals surface area (Å²) in [6.45, 7) is 6.30. The quantitative estimate of drug-likeness (QED) is 0.342. The normalized spacial score (nSPS) is 42.7. The SMILES string of the molecule is C[C@H](CCC(=O)N(C)CCS(=O)(=O)[O-])[C@H]1CCC2C3C(CC[C@@]21C)[C@@]1(C)CC(F)(F)[C@H](O)C[C@H]1C[C@@H]3O.[Na+]. The van der Waals surface area contributed by atoms with Crippen LogP contribution < -0.4 is 29.6 Å². The molecule has 214 valence electrons. The van der Waals surface area contributed by atoms with E-state index in [-0.39, 0.29) is 96.3 Å². The van der Waals surface area contributed by atoms with Crippen LogP contribution in [-0.4, -0.2) is 71.5 Å². The molecule has 7 nitrogen and oxygen atoms in total. The predicted molar refractivity (Wildman–Crippen MR) is 134 cm³/mol. The van der Waals surface area contributed by atoms with Gasteiger partial charge in [-0.15, -0.1) is 0 Å². The van der Waals surface area contributed by atoms with Gasteiger partial charge in [0.2, 0.25) is 5.91 Å². The van der Waals surface area contributed by atoms with Crippen molar-refractivity contribution >= 4 is 16.0 Å². The van der Waals surface area contributed by atoms with E-state index in [4.69, 9.17) is 0 Å². The van der Waals surface area contributed by atoms with E-state index < -0.39 is 39.4 Å². The van der Waals surface area contributed by atoms with Gasteiger partial charge in [-0.2, -0.15) is 0 Å². The minimum Gasteiger partial charge on any atom is -0.748 e. The van der Waals surface area contributed by atoms with Crippen molar-refractivity contribution in [1.82, 2.24) is 4.90 Å². The fourth-order valence-corrected chi connectivity index (χ4v) is 9.82. The van der Waals surface area contributed by atoms with Crippen molar-refractivity contribution in [2.24, 2.45) is 46.3 Å². The maximum Gasteiger partial charge on any atom is 1.00 e. The summed E-state index contributed by atoms with van der Waals surface area (Å²) in [4.78, 5) is 13.8. The van der Waals surface area contributed by atoms with Gasteiger partial charge in [0.25, 0.3) is 5.92 Å². The molecule has 4 rings (SSSR count). The third kappa shape index (κ3) is 6.02. The van der Waals surface area contributed by atoms with Crippen molar-refractivity contribution in [2.75, 3.05) is 19.3 Å². The van der Waals surface area contributed by atoms with Gasteiger partial charge >= 0.3 is 29.6 Å². The van der Waals surface area contributed by atoms with Crippen LogP contribution in [-0.2, 0) is 14.9 Å². The number of carbonyl (C=O) groups excluding carboxylic acids is 1. The number of nitrogens with zero attached hydrogens (tertiary/aromatic N) is 1. The minimum atomic E-state index is -4.37. The molecule has 0 bridgehead atoms. The number of rotatable bonds is 7. The average Bonchev–Trinajstić information content (AvgIpc) is 3.14. The van der Waals surface area contributed by atoms with Crippen molar-refractivity contribution in [3.63, 3.8) is 0 Å². The van der Waals surface area contributed by atoms with Crippen LogP contribution in [0.2, 0.25) is 0 Å². The number of hydrogen-bond acceptors (Lipinski definition) is 6. The maximum absolute atomic E-state index is 14.7. The van der Waals surface area contributed by atoms with Crippen LogP contribution in [0.4, 0.5) is 8.78 Å². The Morgan fingerprint density at radius 3 is 2.37 bits per heavy atom. The summed E-state index contributed by atoms with van der Waals surface area (Å²) < 4.78 is 62.0. The van der Waals surface area contributed by atoms with Gasteiger partial charge in [0, 0.05) is 26.4 Å². The molecule has 10 atom stereocenters. The molecule has 4 aliphatic carbocycles. The van der Waals surface area contributed by atoms with E-state index in [1.165, 1.54) is 11.9 Å². The van der Waals surface area contributed by atoms with E-state index in [2.05, 4.69) is 13.8 Å². The zero-order chi connectivity index (χ0) is 27.6. The molecule has 4 fully saturated rings. The predicted octanol–water partition coefficient (Wildman–Crippen LogP) is 0.646. The van der Waals surface area contributed by atoms with Crippen molar-refractivity contribution in [1.29, 1.82) is 0 Å². The number of amides is 1. The van der Waals surface area contributed by atoms with E-state index in [0.717, 1.165) is 25.7 Å². The largest absolute Gasteiger partial charge is 1.00 e. The zero-order valence-corrected chi connectivity index (χ0v) is 26.4. The molecule has 0 spiro atoms. The van der Waals surface area contributed by atoms with E-state index in [1.54, 1.807) is 0 Å². The molecule has 0 aromatic rings. The van der Waals surface area contributed by atoms with Gasteiger partial charge in [-0.3, -0.25) is 4.79 Å². The third-order valence-corrected chi connectivity index (χ3v) is 12.1. The zero-order valence-electron chi connectivity index (χ0n) is 23.5. The molecule has 38 heavy (non-hydrogen) atoms. The number of aliphatic hydroxyl groups is 2. The van der Waals surface area contributed by atoms with Gasteiger partial charge < -0.3 is 19.7 Å². The number of alkyl halides is 2. The van der Waals surface area contributed by atoms with E-state index >= 15 is 0 Å². The Balaban J connectivity index is 0.00000400. The molecule has 0 aromatic heterocycles. The molecule has 2 N–H and O–H groups in total. The number of aliphatic hydroxyl groups excluding tert-OH is 2. The summed E-state index contributed by atoms with van der Waals surface area (Å²) in [6, 6.07) is 0. The Kier molecular flexibility index (Phi) is 9.84. The Morgan fingerprint density at radius 1 is 1.11 bits per heavy atom. The fourth-order valence-electron chi connectivity index (χ4n) is 9.32. The first-order valence-corrected chi connectivity index (χ1v) is 15.5. The van der Waals surface area contributed by atoms with Crippen molar-refractivity contribution in [3.05, 3.63) is 0 Å². The van der Waals surface area contributed by atoms with Crippen LogP contribution in [0.5, 0.6) is 0 Å². The van der Waals surface area contributed by atoms with Crippen LogP contribution in [0.1, 0.15) is 78.6 Å². The molecule has 0 aliphatic heterocycles. The molecule has 4 aliphatic rings. The maximum atomic E-state index is 14.7. The molecular weight excluding hydrogens is 527 g/mol. The third-order valence-electron chi connectivity index (χ3n) is 11.4. The second kappa shape index (κ2) is 11.4. The van der Waals surface area contributed by atoms with Gasteiger partial charge in [0.1, 0.15) is 6.10 Å². The molecule has 0 heterocycles. The molecule has 0 aromatic carbocycles. The molecule has 0 saturated heterocycles. The van der Waals surface area contributed by atoms with Crippen LogP contribution in [0.3, 0.4) is 0 Å². The smallest absolute Gasteiger partial charge is 0.748 e. The molecule has 11 heteroatoms. The average molecular weight is 572 g/mol. The van der Waals surface area contributed by atoms with Gasteiger partial charge in [0.15, 0.2) is 0 Å². The summed E-state index contributed by atoms with van der Waals surface area (Å²) in [5, 5.41) is 21.4. The number of halogens is 2. The second-order valence-electron chi connectivity index (χ2n) is 13.3. The molecule has 3 unspecified atom stereocenters. The van der Waals surface area contributed by atoms with E-state index in [9.17, 15) is 36.8 Å². The Morgan fingerprint density at radius 2 is 1.74 bits per heavy atom. The van der Waals surface area contributed by atoms with E-state index in [1.807, 2.05) is 6.92 Å². The number of fused-ring (bicyclic) bond motifs is 5. The Labute approximate surface area is 248 Å². The monoisotopic (exact) mass is 571 g/mol. The summed E-state index contributed by atoms with van der Waals surface area (Å²) in [5.41, 5.74) is -0.626. The molecule has 1 amide bonds. The van der Waals surface area contributed by atoms with Crippen LogP contribution in [0.15, 0.2) is 0 Å². The number of hydrogen-bond donors (Lipinski definition) is 2. The number of carbonyl (C=O) groups is 1. The first-order valence-electron chi connectivity index (χ1n) is 13.9. The van der Waals surface area contributed by atoms with Gasteiger partial charge in [-0.25, -0.2) is 17.2 Å². The minimum absolute atomic E-state index is 0. The summed E-state index contributed by atoms with van der Waals surface area (Å²) in [6.07, 6.45) is 2.58. The van der Waals surface area contributed by atoms with Crippen LogP contribution in [0.25, 0.3) is 0 Å². The fraction of sp³-hybridized carbons (Fsp3) is 0.963.